The molecular formula is C19H19N3O4S2. The third-order valence-corrected chi connectivity index (χ3v) is 6.22. The first-order valence-electron chi connectivity index (χ1n) is 8.42. The van der Waals surface area contributed by atoms with Gasteiger partial charge < -0.3 is 0 Å². The minimum absolute atomic E-state index is 0.0376. The summed E-state index contributed by atoms with van der Waals surface area (Å²) in [6.07, 6.45) is 1.47. The fourth-order valence-corrected chi connectivity index (χ4v) is 4.14. The van der Waals surface area contributed by atoms with Crippen molar-refractivity contribution in [3.63, 3.8) is 0 Å². The van der Waals surface area contributed by atoms with E-state index in [1.165, 1.54) is 12.1 Å². The highest BCUT2D eigenvalue weighted by atomic mass is 32.2. The van der Waals surface area contributed by atoms with E-state index in [1.807, 2.05) is 30.3 Å². The first-order valence-corrected chi connectivity index (χ1v) is 12.0. The van der Waals surface area contributed by atoms with Gasteiger partial charge in [0.05, 0.1) is 11.4 Å². The van der Waals surface area contributed by atoms with Crippen molar-refractivity contribution in [3.8, 4) is 11.3 Å². The molecule has 0 aliphatic rings. The van der Waals surface area contributed by atoms with Crippen LogP contribution >= 0.6 is 0 Å². The molecule has 28 heavy (non-hydrogen) atoms. The molecule has 0 spiro atoms. The molecule has 9 heteroatoms. The molecule has 7 nitrogen and oxygen atoms in total. The Hall–Kier alpha value is -2.78. The molecule has 0 unspecified atom stereocenters. The summed E-state index contributed by atoms with van der Waals surface area (Å²) in [6, 6.07) is 19.0. The van der Waals surface area contributed by atoms with Gasteiger partial charge in [0.25, 0.3) is 0 Å². The van der Waals surface area contributed by atoms with Crippen molar-refractivity contribution in [2.45, 2.75) is 11.4 Å². The molecule has 2 aromatic carbocycles. The van der Waals surface area contributed by atoms with Crippen LogP contribution in [0.15, 0.2) is 71.8 Å². The second kappa shape index (κ2) is 8.07. The lowest BCUT2D eigenvalue weighted by atomic mass is 10.1. The van der Waals surface area contributed by atoms with Gasteiger partial charge in [-0.15, -0.1) is 10.2 Å². The molecule has 0 saturated carbocycles. The Morgan fingerprint density at radius 1 is 0.857 bits per heavy atom. The van der Waals surface area contributed by atoms with Crippen molar-refractivity contribution < 1.29 is 16.8 Å². The van der Waals surface area contributed by atoms with Crippen LogP contribution in [0.5, 0.6) is 0 Å². The highest BCUT2D eigenvalue weighted by Crippen LogP contribution is 2.22. The van der Waals surface area contributed by atoms with Crippen LogP contribution < -0.4 is 4.72 Å². The molecule has 1 N–H and O–H groups in total. The Kier molecular flexibility index (Phi) is 5.76. The summed E-state index contributed by atoms with van der Waals surface area (Å²) < 4.78 is 50.3. The van der Waals surface area contributed by atoms with Crippen molar-refractivity contribution in [1.82, 2.24) is 10.2 Å². The molecule has 0 aliphatic carbocycles. The summed E-state index contributed by atoms with van der Waals surface area (Å²) in [7, 11) is -6.95. The number of anilines is 1. The number of nitrogens with zero attached hydrogens (tertiary/aromatic N) is 2. The fraction of sp³-hybridized carbons (Fsp3) is 0.158. The average molecular weight is 418 g/mol. The van der Waals surface area contributed by atoms with E-state index in [0.29, 0.717) is 23.4 Å². The maximum atomic E-state index is 12.4. The van der Waals surface area contributed by atoms with Crippen LogP contribution in [0.1, 0.15) is 5.56 Å². The molecule has 0 atom stereocenters. The predicted octanol–water partition coefficient (Wildman–Crippen LogP) is 2.53. The van der Waals surface area contributed by atoms with Gasteiger partial charge in [-0.2, -0.15) is 0 Å². The zero-order chi connectivity index (χ0) is 20.2. The van der Waals surface area contributed by atoms with E-state index in [-0.39, 0.29) is 10.8 Å². The SMILES string of the molecule is CS(=O)(=O)c1ccc(-c2cccc(NS(=O)(=O)CCc3ccccc3)c2)nn1. The van der Waals surface area contributed by atoms with E-state index in [4.69, 9.17) is 0 Å². The van der Waals surface area contributed by atoms with Crippen LogP contribution in [0.3, 0.4) is 0 Å². The first-order chi connectivity index (χ1) is 13.2. The number of aromatic nitrogens is 2. The largest absolute Gasteiger partial charge is 0.284 e. The summed E-state index contributed by atoms with van der Waals surface area (Å²) in [4.78, 5) is 0. The van der Waals surface area contributed by atoms with Crippen LogP contribution in [0.2, 0.25) is 0 Å². The third kappa shape index (κ3) is 5.37. The summed E-state index contributed by atoms with van der Waals surface area (Å²) in [5, 5.41) is 7.52. The van der Waals surface area contributed by atoms with E-state index < -0.39 is 19.9 Å². The van der Waals surface area contributed by atoms with Crippen molar-refractivity contribution in [2.24, 2.45) is 0 Å². The molecule has 0 bridgehead atoms. The van der Waals surface area contributed by atoms with Gasteiger partial charge in [0.1, 0.15) is 0 Å². The minimum atomic E-state index is -3.52. The van der Waals surface area contributed by atoms with Crippen molar-refractivity contribution >= 4 is 25.5 Å². The maximum Gasteiger partial charge on any atom is 0.233 e. The zero-order valence-corrected chi connectivity index (χ0v) is 16.7. The maximum absolute atomic E-state index is 12.4. The van der Waals surface area contributed by atoms with Crippen LogP contribution in [0.4, 0.5) is 5.69 Å². The number of aryl methyl sites for hydroxylation is 1. The number of rotatable bonds is 7. The molecule has 1 aromatic heterocycles. The second-order valence-corrected chi connectivity index (χ2v) is 10.1. The lowest BCUT2D eigenvalue weighted by Gasteiger charge is -2.09. The van der Waals surface area contributed by atoms with Crippen molar-refractivity contribution in [3.05, 3.63) is 72.3 Å². The lowest BCUT2D eigenvalue weighted by Crippen LogP contribution is -2.18. The summed E-state index contributed by atoms with van der Waals surface area (Å²) >= 11 is 0. The first kappa shape index (κ1) is 20.0. The van der Waals surface area contributed by atoms with Crippen LogP contribution in [-0.2, 0) is 26.3 Å². The zero-order valence-electron chi connectivity index (χ0n) is 15.1. The molecule has 0 saturated heterocycles. The average Bonchev–Trinajstić information content (AvgIpc) is 2.67. The number of sulfonamides is 1. The lowest BCUT2D eigenvalue weighted by molar-refractivity contribution is 0.595. The van der Waals surface area contributed by atoms with E-state index in [0.717, 1.165) is 11.8 Å². The molecule has 3 aromatic rings. The highest BCUT2D eigenvalue weighted by Gasteiger charge is 2.13. The third-order valence-electron chi connectivity index (χ3n) is 3.95. The van der Waals surface area contributed by atoms with Crippen LogP contribution in [0, 0.1) is 0 Å². The second-order valence-electron chi connectivity index (χ2n) is 6.27. The number of nitrogens with one attached hydrogen (secondary N) is 1. The Bertz CT molecular complexity index is 1160. The summed E-state index contributed by atoms with van der Waals surface area (Å²) in [5.74, 6) is -0.0376. The summed E-state index contributed by atoms with van der Waals surface area (Å²) in [6.45, 7) is 0. The van der Waals surface area contributed by atoms with Crippen molar-refractivity contribution in [2.75, 3.05) is 16.7 Å². The topological polar surface area (TPSA) is 106 Å². The number of hydrogen-bond acceptors (Lipinski definition) is 6. The van der Waals surface area contributed by atoms with Gasteiger partial charge >= 0.3 is 0 Å². The van der Waals surface area contributed by atoms with E-state index in [1.54, 1.807) is 24.3 Å². The minimum Gasteiger partial charge on any atom is -0.284 e. The standard InChI is InChI=1S/C19H19N3O4S2/c1-27(23,24)19-11-10-18(20-21-19)16-8-5-9-17(14-16)22-28(25,26)13-12-15-6-3-2-4-7-15/h2-11,14,22H,12-13H2,1H3. The molecular weight excluding hydrogens is 398 g/mol. The Morgan fingerprint density at radius 2 is 1.61 bits per heavy atom. The number of hydrogen-bond donors (Lipinski definition) is 1. The molecule has 3 rings (SSSR count). The van der Waals surface area contributed by atoms with Crippen LogP contribution in [-0.4, -0.2) is 39.0 Å². The molecule has 0 amide bonds. The van der Waals surface area contributed by atoms with Gasteiger partial charge in [0.2, 0.25) is 10.0 Å². The predicted molar refractivity (Wildman–Crippen MR) is 108 cm³/mol. The summed E-state index contributed by atoms with van der Waals surface area (Å²) in [5.41, 5.74) is 2.41. The Labute approximate surface area is 164 Å². The number of benzene rings is 2. The van der Waals surface area contributed by atoms with Gasteiger partial charge in [-0.3, -0.25) is 4.72 Å². The highest BCUT2D eigenvalue weighted by molar-refractivity contribution is 7.92. The van der Waals surface area contributed by atoms with E-state index in [2.05, 4.69) is 14.9 Å². The molecule has 0 aliphatic heterocycles. The van der Waals surface area contributed by atoms with Crippen molar-refractivity contribution in [1.29, 1.82) is 0 Å². The van der Waals surface area contributed by atoms with E-state index >= 15 is 0 Å². The van der Waals surface area contributed by atoms with Gasteiger partial charge in [0.15, 0.2) is 14.9 Å². The number of sulfone groups is 1. The molecule has 0 fully saturated rings. The molecule has 0 radical (unpaired) electrons. The Balaban J connectivity index is 1.74. The van der Waals surface area contributed by atoms with Gasteiger partial charge in [0, 0.05) is 17.5 Å². The van der Waals surface area contributed by atoms with Gasteiger partial charge in [-0.1, -0.05) is 42.5 Å². The van der Waals surface area contributed by atoms with Gasteiger partial charge in [-0.05, 0) is 36.2 Å². The quantitative estimate of drug-likeness (QED) is 0.633. The Morgan fingerprint density at radius 3 is 2.25 bits per heavy atom. The molecule has 1 heterocycles. The van der Waals surface area contributed by atoms with Crippen LogP contribution in [0.25, 0.3) is 11.3 Å². The monoisotopic (exact) mass is 417 g/mol. The molecule has 146 valence electrons. The van der Waals surface area contributed by atoms with Gasteiger partial charge in [-0.25, -0.2) is 16.8 Å². The fourth-order valence-electron chi connectivity index (χ4n) is 2.54. The smallest absolute Gasteiger partial charge is 0.233 e. The van der Waals surface area contributed by atoms with E-state index in [9.17, 15) is 16.8 Å². The normalized spacial score (nSPS) is 11.9.